The molecule has 0 aliphatic rings. The molecule has 84 valence electrons. The van der Waals surface area contributed by atoms with Crippen LogP contribution in [0, 0.1) is 0 Å². The van der Waals surface area contributed by atoms with Crippen molar-refractivity contribution < 1.29 is 4.79 Å². The Kier molecular flexibility index (Phi) is 3.32. The van der Waals surface area contributed by atoms with Crippen LogP contribution < -0.4 is 5.32 Å². The zero-order valence-corrected chi connectivity index (χ0v) is 8.73. The monoisotopic (exact) mass is 219 g/mol. The summed E-state index contributed by atoms with van der Waals surface area (Å²) in [5.41, 5.74) is 0.484. The summed E-state index contributed by atoms with van der Waals surface area (Å²) in [6, 6.07) is 1.64. The molecule has 6 heteroatoms. The van der Waals surface area contributed by atoms with E-state index in [1.807, 2.05) is 0 Å². The Morgan fingerprint density at radius 1 is 1.44 bits per heavy atom. The van der Waals surface area contributed by atoms with E-state index in [0.717, 1.165) is 18.7 Å². The molecule has 0 unspecified atom stereocenters. The van der Waals surface area contributed by atoms with Crippen LogP contribution in [0.25, 0.3) is 0 Å². The number of nitrogens with zero attached hydrogens (tertiary/aromatic N) is 2. The first-order chi connectivity index (χ1) is 7.86. The standard InChI is InChI=1S/C10H13N5O/c16-10(8-3-5-14-15-8)13-4-1-2-9-11-6-7-12-9/h3,5-7H,1-2,4H2,(H,11,12)(H,13,16)(H,14,15). The molecule has 2 aromatic heterocycles. The molecule has 3 N–H and O–H groups in total. The Balaban J connectivity index is 1.67. The largest absolute Gasteiger partial charge is 0.351 e. The van der Waals surface area contributed by atoms with Crippen molar-refractivity contribution in [2.24, 2.45) is 0 Å². The van der Waals surface area contributed by atoms with Crippen LogP contribution in [-0.4, -0.2) is 32.6 Å². The molecular weight excluding hydrogens is 206 g/mol. The number of rotatable bonds is 5. The van der Waals surface area contributed by atoms with Gasteiger partial charge in [0, 0.05) is 31.6 Å². The Bertz CT molecular complexity index is 420. The van der Waals surface area contributed by atoms with E-state index in [1.165, 1.54) is 0 Å². The summed E-state index contributed by atoms with van der Waals surface area (Å²) in [5.74, 6) is 0.813. The molecule has 0 fully saturated rings. The van der Waals surface area contributed by atoms with Crippen LogP contribution in [-0.2, 0) is 6.42 Å². The maximum Gasteiger partial charge on any atom is 0.269 e. The van der Waals surface area contributed by atoms with Crippen LogP contribution in [0.15, 0.2) is 24.7 Å². The lowest BCUT2D eigenvalue weighted by Gasteiger charge is -2.01. The van der Waals surface area contributed by atoms with Gasteiger partial charge in [0.05, 0.1) is 0 Å². The van der Waals surface area contributed by atoms with Crippen molar-refractivity contribution in [1.29, 1.82) is 0 Å². The highest BCUT2D eigenvalue weighted by Gasteiger charge is 2.04. The van der Waals surface area contributed by atoms with Crippen LogP contribution in [0.1, 0.15) is 22.7 Å². The van der Waals surface area contributed by atoms with E-state index in [2.05, 4.69) is 25.5 Å². The van der Waals surface area contributed by atoms with Gasteiger partial charge in [0.25, 0.3) is 5.91 Å². The Morgan fingerprint density at radius 2 is 2.38 bits per heavy atom. The molecule has 0 saturated carbocycles. The average Bonchev–Trinajstić information content (AvgIpc) is 2.96. The minimum atomic E-state index is -0.128. The molecule has 0 radical (unpaired) electrons. The smallest absolute Gasteiger partial charge is 0.269 e. The van der Waals surface area contributed by atoms with Crippen molar-refractivity contribution in [3.05, 3.63) is 36.2 Å². The van der Waals surface area contributed by atoms with Crippen molar-refractivity contribution in [1.82, 2.24) is 25.5 Å². The van der Waals surface area contributed by atoms with E-state index < -0.39 is 0 Å². The van der Waals surface area contributed by atoms with Crippen LogP contribution in [0.4, 0.5) is 0 Å². The number of imidazole rings is 1. The number of carbonyl (C=O) groups is 1. The molecule has 0 aliphatic carbocycles. The van der Waals surface area contributed by atoms with Crippen molar-refractivity contribution in [2.45, 2.75) is 12.8 Å². The Labute approximate surface area is 92.5 Å². The average molecular weight is 219 g/mol. The molecule has 6 nitrogen and oxygen atoms in total. The zero-order valence-electron chi connectivity index (χ0n) is 8.73. The van der Waals surface area contributed by atoms with E-state index in [0.29, 0.717) is 12.2 Å². The van der Waals surface area contributed by atoms with Crippen LogP contribution >= 0.6 is 0 Å². The van der Waals surface area contributed by atoms with Crippen molar-refractivity contribution in [3.63, 3.8) is 0 Å². The summed E-state index contributed by atoms with van der Waals surface area (Å²) >= 11 is 0. The van der Waals surface area contributed by atoms with Crippen molar-refractivity contribution in [2.75, 3.05) is 6.54 Å². The summed E-state index contributed by atoms with van der Waals surface area (Å²) in [6.07, 6.45) is 6.75. The second-order valence-corrected chi connectivity index (χ2v) is 3.37. The predicted molar refractivity (Wildman–Crippen MR) is 57.8 cm³/mol. The number of H-pyrrole nitrogens is 2. The second-order valence-electron chi connectivity index (χ2n) is 3.37. The molecule has 0 aliphatic heterocycles. The van der Waals surface area contributed by atoms with Gasteiger partial charge in [-0.05, 0) is 12.5 Å². The van der Waals surface area contributed by atoms with Gasteiger partial charge >= 0.3 is 0 Å². The van der Waals surface area contributed by atoms with Crippen LogP contribution in [0.5, 0.6) is 0 Å². The van der Waals surface area contributed by atoms with E-state index >= 15 is 0 Å². The fourth-order valence-electron chi connectivity index (χ4n) is 1.37. The number of hydrogen-bond donors (Lipinski definition) is 3. The summed E-state index contributed by atoms with van der Waals surface area (Å²) in [7, 11) is 0. The predicted octanol–water partition coefficient (Wildman–Crippen LogP) is 0.495. The molecule has 2 heterocycles. The molecular formula is C10H13N5O. The topological polar surface area (TPSA) is 86.5 Å². The third-order valence-corrected chi connectivity index (χ3v) is 2.18. The van der Waals surface area contributed by atoms with Gasteiger partial charge in [0.15, 0.2) is 0 Å². The van der Waals surface area contributed by atoms with Crippen molar-refractivity contribution in [3.8, 4) is 0 Å². The summed E-state index contributed by atoms with van der Waals surface area (Å²) in [5, 5.41) is 9.12. The van der Waals surface area contributed by atoms with Crippen LogP contribution in [0.2, 0.25) is 0 Å². The molecule has 2 aromatic rings. The normalized spacial score (nSPS) is 10.2. The lowest BCUT2D eigenvalue weighted by Crippen LogP contribution is -2.25. The number of aromatic nitrogens is 4. The first-order valence-corrected chi connectivity index (χ1v) is 5.12. The molecule has 0 spiro atoms. The first kappa shape index (κ1) is 10.4. The van der Waals surface area contributed by atoms with E-state index in [9.17, 15) is 4.79 Å². The van der Waals surface area contributed by atoms with Gasteiger partial charge < -0.3 is 10.3 Å². The summed E-state index contributed by atoms with van der Waals surface area (Å²) in [6.45, 7) is 0.624. The van der Waals surface area contributed by atoms with E-state index in [4.69, 9.17) is 0 Å². The van der Waals surface area contributed by atoms with Gasteiger partial charge in [0.2, 0.25) is 0 Å². The highest BCUT2D eigenvalue weighted by atomic mass is 16.1. The molecule has 0 saturated heterocycles. The highest BCUT2D eigenvalue weighted by molar-refractivity contribution is 5.91. The number of hydrogen-bond acceptors (Lipinski definition) is 3. The van der Waals surface area contributed by atoms with Gasteiger partial charge in [0.1, 0.15) is 11.5 Å². The maximum absolute atomic E-state index is 11.5. The molecule has 2 rings (SSSR count). The second kappa shape index (κ2) is 5.11. The van der Waals surface area contributed by atoms with Crippen LogP contribution in [0.3, 0.4) is 0 Å². The molecule has 1 amide bonds. The van der Waals surface area contributed by atoms with Gasteiger partial charge in [-0.2, -0.15) is 5.10 Å². The third kappa shape index (κ3) is 2.69. The SMILES string of the molecule is O=C(NCCCc1ncc[nH]1)c1ccn[nH]1. The van der Waals surface area contributed by atoms with E-state index in [1.54, 1.807) is 24.7 Å². The highest BCUT2D eigenvalue weighted by Crippen LogP contribution is 1.95. The molecule has 16 heavy (non-hydrogen) atoms. The maximum atomic E-state index is 11.5. The zero-order chi connectivity index (χ0) is 11.2. The van der Waals surface area contributed by atoms with Gasteiger partial charge in [-0.1, -0.05) is 0 Å². The van der Waals surface area contributed by atoms with E-state index in [-0.39, 0.29) is 5.91 Å². The minimum absolute atomic E-state index is 0.128. The third-order valence-electron chi connectivity index (χ3n) is 2.18. The number of amides is 1. The first-order valence-electron chi connectivity index (χ1n) is 5.12. The van der Waals surface area contributed by atoms with Gasteiger partial charge in [-0.25, -0.2) is 4.98 Å². The Morgan fingerprint density at radius 3 is 3.06 bits per heavy atom. The summed E-state index contributed by atoms with van der Waals surface area (Å²) in [4.78, 5) is 18.6. The molecule has 0 bridgehead atoms. The minimum Gasteiger partial charge on any atom is -0.351 e. The lowest BCUT2D eigenvalue weighted by molar-refractivity contribution is 0.0948. The number of nitrogens with one attached hydrogen (secondary N) is 3. The lowest BCUT2D eigenvalue weighted by atomic mass is 10.3. The fourth-order valence-corrected chi connectivity index (χ4v) is 1.37. The molecule has 0 atom stereocenters. The number of aryl methyl sites for hydroxylation is 1. The number of aromatic amines is 2. The van der Waals surface area contributed by atoms with Crippen molar-refractivity contribution >= 4 is 5.91 Å². The molecule has 0 aromatic carbocycles. The summed E-state index contributed by atoms with van der Waals surface area (Å²) < 4.78 is 0. The van der Waals surface area contributed by atoms with Gasteiger partial charge in [-0.3, -0.25) is 9.89 Å². The number of carbonyl (C=O) groups excluding carboxylic acids is 1. The quantitative estimate of drug-likeness (QED) is 0.640. The fraction of sp³-hybridized carbons (Fsp3) is 0.300. The Hall–Kier alpha value is -2.11. The van der Waals surface area contributed by atoms with Gasteiger partial charge in [-0.15, -0.1) is 0 Å².